The first kappa shape index (κ1) is 22.8. The molecule has 194 valence electrons. The molecule has 42 heavy (non-hydrogen) atoms. The molecule has 0 amide bonds. The van der Waals surface area contributed by atoms with E-state index in [4.69, 9.17) is 0 Å². The molecule has 7 aromatic rings. The minimum Gasteiger partial charge on any atom is -0.0888 e. The van der Waals surface area contributed by atoms with Crippen LogP contribution < -0.4 is 0 Å². The summed E-state index contributed by atoms with van der Waals surface area (Å²) in [5.74, 6) is 0. The molecule has 0 fully saturated rings. The van der Waals surface area contributed by atoms with Crippen LogP contribution in [0, 0.1) is 0 Å². The lowest BCUT2D eigenvalue weighted by Crippen LogP contribution is -2.26. The highest BCUT2D eigenvalue weighted by atomic mass is 32.2. The van der Waals surface area contributed by atoms with Crippen LogP contribution in [0.4, 0.5) is 0 Å². The molecule has 0 bridgehead atoms. The van der Waals surface area contributed by atoms with E-state index in [2.05, 4.69) is 146 Å². The Kier molecular flexibility index (Phi) is 4.41. The summed E-state index contributed by atoms with van der Waals surface area (Å²) in [4.78, 5) is 2.67. The second-order valence-corrected chi connectivity index (χ2v) is 12.6. The zero-order chi connectivity index (χ0) is 27.4. The fourth-order valence-corrected chi connectivity index (χ4v) is 9.40. The van der Waals surface area contributed by atoms with Crippen LogP contribution in [-0.4, -0.2) is 0 Å². The van der Waals surface area contributed by atoms with Gasteiger partial charge in [0.25, 0.3) is 0 Å². The predicted molar refractivity (Wildman–Crippen MR) is 175 cm³/mol. The van der Waals surface area contributed by atoms with Crippen molar-refractivity contribution in [3.8, 4) is 44.5 Å². The first-order valence-electron chi connectivity index (χ1n) is 14.6. The Hall–Kier alpha value is -4.85. The van der Waals surface area contributed by atoms with E-state index in [1.165, 1.54) is 87.3 Å². The molecule has 0 saturated carbocycles. The summed E-state index contributed by atoms with van der Waals surface area (Å²) in [7, 11) is 0. The fraction of sp³-hybridized carbons (Fsp3) is 0.0244. The Morgan fingerprint density at radius 2 is 0.810 bits per heavy atom. The van der Waals surface area contributed by atoms with E-state index in [1.807, 2.05) is 11.8 Å². The van der Waals surface area contributed by atoms with Gasteiger partial charge in [-0.2, -0.15) is 0 Å². The molecule has 0 aromatic heterocycles. The number of benzene rings is 7. The van der Waals surface area contributed by atoms with E-state index < -0.39 is 0 Å². The monoisotopic (exact) mass is 548 g/mol. The van der Waals surface area contributed by atoms with Gasteiger partial charge in [0.05, 0.1) is 5.41 Å². The molecule has 0 saturated heterocycles. The van der Waals surface area contributed by atoms with E-state index in [0.717, 1.165) is 0 Å². The van der Waals surface area contributed by atoms with Crippen LogP contribution in [0.1, 0.15) is 22.3 Å². The molecule has 0 atom stereocenters. The lowest BCUT2D eigenvalue weighted by Gasteiger charge is -2.33. The Morgan fingerprint density at radius 3 is 1.50 bits per heavy atom. The van der Waals surface area contributed by atoms with Crippen LogP contribution in [0.3, 0.4) is 0 Å². The van der Waals surface area contributed by atoms with Crippen LogP contribution in [0.15, 0.2) is 155 Å². The Morgan fingerprint density at radius 1 is 0.357 bits per heavy atom. The van der Waals surface area contributed by atoms with Gasteiger partial charge in [-0.3, -0.25) is 0 Å². The van der Waals surface area contributed by atoms with E-state index in [-0.39, 0.29) is 5.41 Å². The van der Waals surface area contributed by atoms with Gasteiger partial charge >= 0.3 is 0 Å². The second-order valence-electron chi connectivity index (χ2n) is 11.6. The Bertz CT molecular complexity index is 2220. The highest BCUT2D eigenvalue weighted by Gasteiger charge is 2.52. The van der Waals surface area contributed by atoms with Crippen LogP contribution in [0.5, 0.6) is 0 Å². The van der Waals surface area contributed by atoms with Gasteiger partial charge in [-0.1, -0.05) is 145 Å². The predicted octanol–water partition coefficient (Wildman–Crippen LogP) is 11.0. The van der Waals surface area contributed by atoms with Crippen molar-refractivity contribution in [1.29, 1.82) is 0 Å². The van der Waals surface area contributed by atoms with Gasteiger partial charge in [0, 0.05) is 20.7 Å². The average Bonchev–Trinajstić information content (AvgIpc) is 3.52. The molecule has 2 aliphatic carbocycles. The van der Waals surface area contributed by atoms with Gasteiger partial charge in [-0.05, 0) is 78.7 Å². The van der Waals surface area contributed by atoms with E-state index >= 15 is 0 Å². The summed E-state index contributed by atoms with van der Waals surface area (Å²) in [5, 5.41) is 2.67. The van der Waals surface area contributed by atoms with Crippen molar-refractivity contribution in [3.63, 3.8) is 0 Å². The average molecular weight is 549 g/mol. The third-order valence-corrected chi connectivity index (χ3v) is 10.8. The van der Waals surface area contributed by atoms with Gasteiger partial charge in [-0.25, -0.2) is 0 Å². The van der Waals surface area contributed by atoms with Gasteiger partial charge in [0.2, 0.25) is 0 Å². The molecule has 0 N–H and O–H groups in total. The lowest BCUT2D eigenvalue weighted by molar-refractivity contribution is 0.796. The SMILES string of the molecule is c1ccc2c(c1)-c1ccccc1C21c2ccccc2-c2cccc(-c3cccc4c3-c3cccc5cccc(c35)S4)c21. The van der Waals surface area contributed by atoms with Crippen molar-refractivity contribution >= 4 is 22.5 Å². The van der Waals surface area contributed by atoms with Crippen molar-refractivity contribution in [2.24, 2.45) is 0 Å². The quantitative estimate of drug-likeness (QED) is 0.197. The van der Waals surface area contributed by atoms with E-state index in [0.29, 0.717) is 0 Å². The fourth-order valence-electron chi connectivity index (χ4n) is 8.22. The number of fused-ring (bicyclic) bond motifs is 12. The van der Waals surface area contributed by atoms with E-state index in [1.54, 1.807) is 0 Å². The van der Waals surface area contributed by atoms with Crippen LogP contribution >= 0.6 is 11.8 Å². The van der Waals surface area contributed by atoms with Crippen molar-refractivity contribution in [2.45, 2.75) is 15.2 Å². The molecule has 7 aromatic carbocycles. The summed E-state index contributed by atoms with van der Waals surface area (Å²) in [6, 6.07) is 54.6. The zero-order valence-electron chi connectivity index (χ0n) is 22.8. The van der Waals surface area contributed by atoms with Crippen molar-refractivity contribution in [3.05, 3.63) is 168 Å². The summed E-state index contributed by atoms with van der Waals surface area (Å²) in [6.45, 7) is 0. The number of hydrogen-bond donors (Lipinski definition) is 0. The number of rotatable bonds is 1. The Labute approximate surface area is 249 Å². The third-order valence-electron chi connectivity index (χ3n) is 9.69. The minimum absolute atomic E-state index is 0.371. The summed E-state index contributed by atoms with van der Waals surface area (Å²) in [5.41, 5.74) is 15.9. The van der Waals surface area contributed by atoms with Gasteiger partial charge in [-0.15, -0.1) is 0 Å². The zero-order valence-corrected chi connectivity index (χ0v) is 23.6. The smallest absolute Gasteiger partial charge is 0.0731 e. The van der Waals surface area contributed by atoms with Crippen molar-refractivity contribution < 1.29 is 0 Å². The van der Waals surface area contributed by atoms with Gasteiger partial charge < -0.3 is 0 Å². The maximum Gasteiger partial charge on any atom is 0.0731 e. The standard InChI is InChI=1S/C41H24S/c1-4-20-33-26(13-1)27-14-2-5-21-34(27)41(33)35-22-6-3-15-28(35)30-17-9-18-31(40(30)41)29-16-10-24-37-39(29)32-19-7-11-25-12-8-23-36(42-37)38(25)32/h1-24H. The molecule has 0 radical (unpaired) electrons. The van der Waals surface area contributed by atoms with Gasteiger partial charge in [0.1, 0.15) is 0 Å². The summed E-state index contributed by atoms with van der Waals surface area (Å²) < 4.78 is 0. The molecule has 0 nitrogen and oxygen atoms in total. The molecule has 0 unspecified atom stereocenters. The normalized spacial score (nSPS) is 14.3. The molecule has 1 heterocycles. The molecule has 1 spiro atoms. The van der Waals surface area contributed by atoms with Crippen molar-refractivity contribution in [2.75, 3.05) is 0 Å². The van der Waals surface area contributed by atoms with Crippen LogP contribution in [0.25, 0.3) is 55.3 Å². The summed E-state index contributed by atoms with van der Waals surface area (Å²) in [6.07, 6.45) is 0. The number of hydrogen-bond acceptors (Lipinski definition) is 1. The largest absolute Gasteiger partial charge is 0.0888 e. The molecule has 10 rings (SSSR count). The molecular weight excluding hydrogens is 525 g/mol. The molecule has 1 aliphatic heterocycles. The van der Waals surface area contributed by atoms with Gasteiger partial charge in [0.15, 0.2) is 0 Å². The lowest BCUT2D eigenvalue weighted by atomic mass is 9.68. The highest BCUT2D eigenvalue weighted by Crippen LogP contribution is 2.65. The first-order valence-corrected chi connectivity index (χ1v) is 15.4. The maximum atomic E-state index is 2.37. The molecule has 1 heteroatoms. The highest BCUT2D eigenvalue weighted by molar-refractivity contribution is 7.99. The third kappa shape index (κ3) is 2.66. The molecule has 3 aliphatic rings. The second kappa shape index (κ2) is 8.12. The minimum atomic E-state index is -0.371. The summed E-state index contributed by atoms with van der Waals surface area (Å²) >= 11 is 1.91. The van der Waals surface area contributed by atoms with Crippen molar-refractivity contribution in [1.82, 2.24) is 0 Å². The van der Waals surface area contributed by atoms with Crippen LogP contribution in [0.2, 0.25) is 0 Å². The molecular formula is C41H24S. The topological polar surface area (TPSA) is 0 Å². The first-order chi connectivity index (χ1) is 20.9. The van der Waals surface area contributed by atoms with Crippen LogP contribution in [-0.2, 0) is 5.41 Å². The van der Waals surface area contributed by atoms with E-state index in [9.17, 15) is 0 Å². The Balaban J connectivity index is 1.37. The maximum absolute atomic E-state index is 2.37.